The van der Waals surface area contributed by atoms with Gasteiger partial charge in [-0.15, -0.1) is 0 Å². The van der Waals surface area contributed by atoms with Gasteiger partial charge in [-0.25, -0.2) is 14.5 Å². The first-order valence-electron chi connectivity index (χ1n) is 9.85. The summed E-state index contributed by atoms with van der Waals surface area (Å²) in [6.45, 7) is 0.476. The monoisotopic (exact) mass is 448 g/mol. The Kier molecular flexibility index (Phi) is 6.24. The van der Waals surface area contributed by atoms with Crippen LogP contribution in [0.3, 0.4) is 0 Å². The Morgan fingerprint density at radius 1 is 1.27 bits per heavy atom. The number of benzene rings is 1. The highest BCUT2D eigenvalue weighted by Gasteiger charge is 2.22. The minimum atomic E-state index is 0.113. The molecule has 1 fully saturated rings. The number of nitrogens with one attached hydrogen (secondary N) is 1. The third-order valence-electron chi connectivity index (χ3n) is 4.91. The van der Waals surface area contributed by atoms with E-state index >= 15 is 0 Å². The van der Waals surface area contributed by atoms with E-state index in [0.29, 0.717) is 52.8 Å². The first kappa shape index (κ1) is 20.7. The normalized spacial score (nSPS) is 13.5. The van der Waals surface area contributed by atoms with E-state index in [9.17, 15) is 4.79 Å². The van der Waals surface area contributed by atoms with Crippen molar-refractivity contribution < 1.29 is 9.53 Å². The molecule has 0 bridgehead atoms. The summed E-state index contributed by atoms with van der Waals surface area (Å²) in [5, 5.41) is 8.07. The molecule has 1 aliphatic rings. The van der Waals surface area contributed by atoms with Crippen molar-refractivity contribution in [3.8, 4) is 5.75 Å². The molecule has 158 valence electrons. The van der Waals surface area contributed by atoms with Gasteiger partial charge in [0.25, 0.3) is 0 Å². The second-order valence-electron chi connectivity index (χ2n) is 7.29. The van der Waals surface area contributed by atoms with Crippen LogP contribution in [0, 0.1) is 0 Å². The molecule has 1 aromatic carbocycles. The molecule has 30 heavy (non-hydrogen) atoms. The molecule has 3 N–H and O–H groups in total. The van der Waals surface area contributed by atoms with Crippen molar-refractivity contribution in [3.63, 3.8) is 0 Å². The van der Waals surface area contributed by atoms with Crippen LogP contribution in [0.15, 0.2) is 24.7 Å². The zero-order valence-electron chi connectivity index (χ0n) is 16.3. The Balaban J connectivity index is 1.41. The second kappa shape index (κ2) is 9.06. The predicted molar refractivity (Wildman–Crippen MR) is 115 cm³/mol. The first-order chi connectivity index (χ1) is 14.5. The van der Waals surface area contributed by atoms with Gasteiger partial charge in [0.15, 0.2) is 11.5 Å². The summed E-state index contributed by atoms with van der Waals surface area (Å²) in [5.74, 6) is 1.06. The molecule has 3 aromatic rings. The van der Waals surface area contributed by atoms with Crippen molar-refractivity contribution in [2.75, 3.05) is 12.3 Å². The maximum atomic E-state index is 11.8. The lowest BCUT2D eigenvalue weighted by molar-refractivity contribution is -0.121. The average molecular weight is 449 g/mol. The maximum Gasteiger partial charge on any atom is 0.220 e. The van der Waals surface area contributed by atoms with Gasteiger partial charge >= 0.3 is 0 Å². The zero-order valence-corrected chi connectivity index (χ0v) is 17.8. The van der Waals surface area contributed by atoms with Crippen LogP contribution in [0.4, 0.5) is 5.82 Å². The lowest BCUT2D eigenvalue weighted by Crippen LogP contribution is -2.24. The minimum absolute atomic E-state index is 0.113. The molecule has 10 heteroatoms. The number of nitrogens with two attached hydrogens (primary N) is 1. The Morgan fingerprint density at radius 2 is 2.10 bits per heavy atom. The molecule has 8 nitrogen and oxygen atoms in total. The van der Waals surface area contributed by atoms with Crippen molar-refractivity contribution in [2.24, 2.45) is 0 Å². The summed E-state index contributed by atoms with van der Waals surface area (Å²) in [6, 6.07) is 3.91. The molecule has 2 heterocycles. The van der Waals surface area contributed by atoms with Crippen molar-refractivity contribution in [3.05, 3.63) is 46.0 Å². The number of aromatic nitrogens is 4. The van der Waals surface area contributed by atoms with Gasteiger partial charge in [0.1, 0.15) is 12.1 Å². The summed E-state index contributed by atoms with van der Waals surface area (Å²) in [4.78, 5) is 20.0. The molecule has 2 aromatic heterocycles. The number of imidazole rings is 1. The maximum absolute atomic E-state index is 11.8. The molecule has 0 saturated heterocycles. The van der Waals surface area contributed by atoms with E-state index in [2.05, 4.69) is 20.4 Å². The Morgan fingerprint density at radius 3 is 2.90 bits per heavy atom. The Labute approximate surface area is 183 Å². The topological polar surface area (TPSA) is 107 Å². The molecule has 0 spiro atoms. The van der Waals surface area contributed by atoms with Gasteiger partial charge in [0.2, 0.25) is 5.91 Å². The van der Waals surface area contributed by atoms with E-state index in [1.165, 1.54) is 6.33 Å². The number of nitrogen functional groups attached to an aromatic ring is 1. The lowest BCUT2D eigenvalue weighted by Gasteiger charge is -2.14. The molecule has 0 unspecified atom stereocenters. The zero-order chi connectivity index (χ0) is 21.1. The van der Waals surface area contributed by atoms with Crippen LogP contribution in [0.5, 0.6) is 5.75 Å². The molecular formula is C20H22Cl2N6O2. The number of rotatable bonds is 9. The van der Waals surface area contributed by atoms with Crippen molar-refractivity contribution in [2.45, 2.75) is 44.6 Å². The number of ether oxygens (including phenoxy) is 1. The third-order valence-corrected chi connectivity index (χ3v) is 5.75. The lowest BCUT2D eigenvalue weighted by atomic mass is 10.1. The Hall–Kier alpha value is -2.58. The summed E-state index contributed by atoms with van der Waals surface area (Å²) in [6.07, 6.45) is 7.70. The highest BCUT2D eigenvalue weighted by atomic mass is 35.5. The number of amides is 1. The van der Waals surface area contributed by atoms with Crippen molar-refractivity contribution in [1.29, 1.82) is 0 Å². The van der Waals surface area contributed by atoms with E-state index < -0.39 is 0 Å². The molecule has 1 aliphatic carbocycles. The number of anilines is 1. The molecule has 0 radical (unpaired) electrons. The number of carbonyl (C=O) groups is 1. The van der Waals surface area contributed by atoms with E-state index in [1.54, 1.807) is 22.8 Å². The molecule has 1 saturated carbocycles. The number of fused-ring (bicyclic) bond motifs is 1. The molecule has 0 atom stereocenters. The molecule has 1 amide bonds. The second-order valence-corrected chi connectivity index (χ2v) is 8.08. The van der Waals surface area contributed by atoms with E-state index in [4.69, 9.17) is 33.7 Å². The minimum Gasteiger partial charge on any atom is -0.493 e. The number of hydrogen-bond acceptors (Lipinski definition) is 6. The van der Waals surface area contributed by atoms with E-state index in [0.717, 1.165) is 36.9 Å². The van der Waals surface area contributed by atoms with Gasteiger partial charge in [-0.05, 0) is 37.8 Å². The summed E-state index contributed by atoms with van der Waals surface area (Å²) < 4.78 is 7.60. The van der Waals surface area contributed by atoms with Gasteiger partial charge < -0.3 is 15.8 Å². The highest BCUT2D eigenvalue weighted by Crippen LogP contribution is 2.35. The number of hydrogen-bond donors (Lipinski definition) is 2. The van der Waals surface area contributed by atoms with Crippen LogP contribution in [-0.2, 0) is 11.2 Å². The fraction of sp³-hybridized carbons (Fsp3) is 0.400. The fourth-order valence-corrected chi connectivity index (χ4v) is 3.56. The van der Waals surface area contributed by atoms with Gasteiger partial charge in [-0.2, -0.15) is 5.10 Å². The van der Waals surface area contributed by atoms with Crippen LogP contribution >= 0.6 is 23.2 Å². The van der Waals surface area contributed by atoms with Gasteiger partial charge in [0, 0.05) is 24.4 Å². The number of carbonyl (C=O) groups excluding carboxylic acids is 1. The van der Waals surface area contributed by atoms with Crippen molar-refractivity contribution >= 4 is 40.6 Å². The van der Waals surface area contributed by atoms with Crippen LogP contribution < -0.4 is 15.8 Å². The largest absolute Gasteiger partial charge is 0.493 e. The standard InChI is InChI=1S/C20H22Cl2N6O2/c21-15-6-7-16(30-8-2-1-3-17(29)27-12-4-5-12)14(18(15)22)9-13-10-24-20-19(23)25-11-26-28(13)20/h6-7,10-12H,1-5,8-9H2,(H,27,29)(H2,23,25,26). The fourth-order valence-electron chi connectivity index (χ4n) is 3.16. The highest BCUT2D eigenvalue weighted by molar-refractivity contribution is 6.42. The molecular weight excluding hydrogens is 427 g/mol. The summed E-state index contributed by atoms with van der Waals surface area (Å²) in [5.41, 5.74) is 7.87. The van der Waals surface area contributed by atoms with Crippen LogP contribution in [-0.4, -0.2) is 38.1 Å². The average Bonchev–Trinajstić information content (AvgIpc) is 3.44. The number of nitrogens with zero attached hydrogens (tertiary/aromatic N) is 4. The Bertz CT molecular complexity index is 1070. The van der Waals surface area contributed by atoms with Crippen LogP contribution in [0.1, 0.15) is 43.4 Å². The van der Waals surface area contributed by atoms with E-state index in [1.807, 2.05) is 0 Å². The predicted octanol–water partition coefficient (Wildman–Crippen LogP) is 3.43. The number of halogens is 2. The van der Waals surface area contributed by atoms with Gasteiger partial charge in [-0.1, -0.05) is 23.2 Å². The third kappa shape index (κ3) is 4.76. The molecule has 4 rings (SSSR count). The van der Waals surface area contributed by atoms with E-state index in [-0.39, 0.29) is 5.91 Å². The van der Waals surface area contributed by atoms with Crippen LogP contribution in [0.25, 0.3) is 5.65 Å². The first-order valence-corrected chi connectivity index (χ1v) is 10.6. The molecule has 0 aliphatic heterocycles. The quantitative estimate of drug-likeness (QED) is 0.485. The van der Waals surface area contributed by atoms with Gasteiger partial charge in [0.05, 0.1) is 28.5 Å². The van der Waals surface area contributed by atoms with Gasteiger partial charge in [-0.3, -0.25) is 4.79 Å². The summed E-state index contributed by atoms with van der Waals surface area (Å²) >= 11 is 12.7. The SMILES string of the molecule is Nc1ncnn2c(Cc3c(OCCCCC(=O)NC4CC4)ccc(Cl)c3Cl)cnc12. The summed E-state index contributed by atoms with van der Waals surface area (Å²) in [7, 11) is 0. The number of unbranched alkanes of at least 4 members (excludes halogenated alkanes) is 1. The van der Waals surface area contributed by atoms with Crippen molar-refractivity contribution in [1.82, 2.24) is 24.9 Å². The van der Waals surface area contributed by atoms with Crippen LogP contribution in [0.2, 0.25) is 10.0 Å². The smallest absolute Gasteiger partial charge is 0.220 e.